The van der Waals surface area contributed by atoms with Crippen LogP contribution < -0.4 is 5.32 Å². The zero-order chi connectivity index (χ0) is 19.0. The molecule has 1 N–H and O–H groups in total. The maximum atomic E-state index is 12.8. The lowest BCUT2D eigenvalue weighted by atomic mass is 10.1. The first-order chi connectivity index (χ1) is 13.0. The fourth-order valence-corrected chi connectivity index (χ4v) is 4.28. The van der Waals surface area contributed by atoms with Crippen molar-refractivity contribution in [2.75, 3.05) is 0 Å². The number of furan rings is 1. The normalized spacial score (nSPS) is 11.1. The van der Waals surface area contributed by atoms with Gasteiger partial charge in [0.25, 0.3) is 5.91 Å². The minimum absolute atomic E-state index is 0.0855. The average Bonchev–Trinajstić information content (AvgIpc) is 3.29. The molecule has 0 aliphatic rings. The quantitative estimate of drug-likeness (QED) is 0.554. The Balaban J connectivity index is 1.66. The monoisotopic (exact) mass is 377 g/mol. The van der Waals surface area contributed by atoms with E-state index in [-0.39, 0.29) is 5.91 Å². The summed E-state index contributed by atoms with van der Waals surface area (Å²) in [5.41, 5.74) is 4.04. The summed E-state index contributed by atoms with van der Waals surface area (Å²) in [5.74, 6) is 1.08. The lowest BCUT2D eigenvalue weighted by molar-refractivity contribution is 0.0954. The fourth-order valence-electron chi connectivity index (χ4n) is 3.14. The van der Waals surface area contributed by atoms with Crippen molar-refractivity contribution in [3.63, 3.8) is 0 Å². The van der Waals surface area contributed by atoms with Crippen molar-refractivity contribution in [3.05, 3.63) is 69.9 Å². The van der Waals surface area contributed by atoms with Gasteiger partial charge in [-0.1, -0.05) is 24.3 Å². The van der Waals surface area contributed by atoms with E-state index in [0.29, 0.717) is 23.0 Å². The smallest absolute Gasteiger partial charge is 0.261 e. The summed E-state index contributed by atoms with van der Waals surface area (Å²) in [5, 5.41) is 3.97. The first-order valence-corrected chi connectivity index (χ1v) is 9.50. The van der Waals surface area contributed by atoms with Crippen LogP contribution in [0.15, 0.2) is 47.1 Å². The molecule has 0 atom stereocenters. The number of hydrogen-bond donors (Lipinski definition) is 1. The molecule has 1 aromatic carbocycles. The summed E-state index contributed by atoms with van der Waals surface area (Å²) < 4.78 is 5.41. The zero-order valence-corrected chi connectivity index (χ0v) is 16.2. The van der Waals surface area contributed by atoms with Crippen molar-refractivity contribution in [1.29, 1.82) is 0 Å². The molecular formula is C21H19N3O2S. The molecule has 0 spiro atoms. The van der Waals surface area contributed by atoms with Gasteiger partial charge in [0.05, 0.1) is 16.8 Å². The lowest BCUT2D eigenvalue weighted by Crippen LogP contribution is -2.22. The SMILES string of the molecule is Cc1ccccc1CNC(=O)c1sc2nc(-c3ccco3)nc(C)c2c1C. The third-order valence-corrected chi connectivity index (χ3v) is 5.80. The molecular weight excluding hydrogens is 358 g/mol. The number of benzene rings is 1. The van der Waals surface area contributed by atoms with Crippen LogP contribution in [0, 0.1) is 20.8 Å². The highest BCUT2D eigenvalue weighted by atomic mass is 32.1. The van der Waals surface area contributed by atoms with E-state index in [1.165, 1.54) is 11.3 Å². The van der Waals surface area contributed by atoms with Crippen molar-refractivity contribution >= 4 is 27.5 Å². The van der Waals surface area contributed by atoms with Gasteiger partial charge in [-0.3, -0.25) is 4.79 Å². The van der Waals surface area contributed by atoms with Gasteiger partial charge in [0.15, 0.2) is 11.6 Å². The van der Waals surface area contributed by atoms with E-state index in [2.05, 4.69) is 15.3 Å². The summed E-state index contributed by atoms with van der Waals surface area (Å²) in [6.07, 6.45) is 1.60. The van der Waals surface area contributed by atoms with Crippen molar-refractivity contribution in [2.24, 2.45) is 0 Å². The maximum absolute atomic E-state index is 12.8. The second kappa shape index (κ2) is 6.96. The number of aryl methyl sites for hydroxylation is 3. The van der Waals surface area contributed by atoms with E-state index in [0.717, 1.165) is 32.6 Å². The van der Waals surface area contributed by atoms with Gasteiger partial charge in [-0.2, -0.15) is 0 Å². The number of amides is 1. The Kier molecular flexibility index (Phi) is 4.49. The van der Waals surface area contributed by atoms with Gasteiger partial charge in [-0.05, 0) is 49.6 Å². The highest BCUT2D eigenvalue weighted by molar-refractivity contribution is 7.20. The molecule has 3 aromatic heterocycles. The summed E-state index contributed by atoms with van der Waals surface area (Å²) in [7, 11) is 0. The number of fused-ring (bicyclic) bond motifs is 1. The van der Waals surface area contributed by atoms with Crippen LogP contribution in [-0.2, 0) is 6.54 Å². The standard InChI is InChI=1S/C21H19N3O2S/c1-12-7-4-5-8-15(12)11-22-20(25)18-13(2)17-14(3)23-19(24-21(17)27-18)16-9-6-10-26-16/h4-10H,11H2,1-3H3,(H,22,25). The molecule has 6 heteroatoms. The molecule has 0 radical (unpaired) electrons. The van der Waals surface area contributed by atoms with Crippen LogP contribution in [0.25, 0.3) is 21.8 Å². The number of rotatable bonds is 4. The molecule has 3 heterocycles. The number of aromatic nitrogens is 2. The minimum atomic E-state index is -0.0855. The number of thiophene rings is 1. The molecule has 136 valence electrons. The van der Waals surface area contributed by atoms with Crippen molar-refractivity contribution in [2.45, 2.75) is 27.3 Å². The van der Waals surface area contributed by atoms with E-state index in [9.17, 15) is 4.79 Å². The molecule has 0 saturated heterocycles. The Morgan fingerprint density at radius 3 is 2.67 bits per heavy atom. The van der Waals surface area contributed by atoms with E-state index in [4.69, 9.17) is 4.42 Å². The summed E-state index contributed by atoms with van der Waals surface area (Å²) in [6, 6.07) is 11.7. The highest BCUT2D eigenvalue weighted by Gasteiger charge is 2.20. The molecule has 0 aliphatic carbocycles. The van der Waals surface area contributed by atoms with Crippen LogP contribution in [-0.4, -0.2) is 15.9 Å². The van der Waals surface area contributed by atoms with Crippen molar-refractivity contribution < 1.29 is 9.21 Å². The fraction of sp³-hybridized carbons (Fsp3) is 0.190. The molecule has 0 fully saturated rings. The molecule has 5 nitrogen and oxygen atoms in total. The second-order valence-corrected chi connectivity index (χ2v) is 7.45. The van der Waals surface area contributed by atoms with Gasteiger partial charge in [0.1, 0.15) is 4.83 Å². The molecule has 0 saturated carbocycles. The van der Waals surface area contributed by atoms with E-state index >= 15 is 0 Å². The Morgan fingerprint density at radius 2 is 1.93 bits per heavy atom. The highest BCUT2D eigenvalue weighted by Crippen LogP contribution is 2.33. The molecule has 4 aromatic rings. The van der Waals surface area contributed by atoms with E-state index < -0.39 is 0 Å². The van der Waals surface area contributed by atoms with Crippen LogP contribution in [0.2, 0.25) is 0 Å². The average molecular weight is 377 g/mol. The molecule has 1 amide bonds. The van der Waals surface area contributed by atoms with Gasteiger partial charge in [-0.25, -0.2) is 9.97 Å². The topological polar surface area (TPSA) is 68.0 Å². The lowest BCUT2D eigenvalue weighted by Gasteiger charge is -2.07. The molecule has 4 rings (SSSR count). The summed E-state index contributed by atoms with van der Waals surface area (Å²) in [4.78, 5) is 23.4. The number of carbonyl (C=O) groups excluding carboxylic acids is 1. The molecule has 0 bridgehead atoms. The van der Waals surface area contributed by atoms with Crippen LogP contribution in [0.1, 0.15) is 32.1 Å². The third kappa shape index (κ3) is 3.24. The van der Waals surface area contributed by atoms with Crippen LogP contribution in [0.5, 0.6) is 0 Å². The maximum Gasteiger partial charge on any atom is 0.261 e. The van der Waals surface area contributed by atoms with Gasteiger partial charge >= 0.3 is 0 Å². The third-order valence-electron chi connectivity index (χ3n) is 4.62. The van der Waals surface area contributed by atoms with E-state index in [1.807, 2.05) is 57.2 Å². The second-order valence-electron chi connectivity index (χ2n) is 6.46. The Bertz CT molecular complexity index is 1130. The first-order valence-electron chi connectivity index (χ1n) is 8.69. The number of hydrogen-bond acceptors (Lipinski definition) is 5. The van der Waals surface area contributed by atoms with Gasteiger partial charge in [0, 0.05) is 11.9 Å². The Morgan fingerprint density at radius 1 is 1.11 bits per heavy atom. The largest absolute Gasteiger partial charge is 0.461 e. The predicted octanol–water partition coefficient (Wildman–Crippen LogP) is 4.81. The molecule has 0 aliphatic heterocycles. The predicted molar refractivity (Wildman–Crippen MR) is 107 cm³/mol. The van der Waals surface area contributed by atoms with Crippen LogP contribution in [0.3, 0.4) is 0 Å². The van der Waals surface area contributed by atoms with Crippen molar-refractivity contribution in [1.82, 2.24) is 15.3 Å². The molecule has 27 heavy (non-hydrogen) atoms. The number of nitrogens with zero attached hydrogens (tertiary/aromatic N) is 2. The molecule has 0 unspecified atom stereocenters. The van der Waals surface area contributed by atoms with Gasteiger partial charge in [-0.15, -0.1) is 11.3 Å². The minimum Gasteiger partial charge on any atom is -0.461 e. The number of carbonyl (C=O) groups is 1. The van der Waals surface area contributed by atoms with Crippen molar-refractivity contribution in [3.8, 4) is 11.6 Å². The Labute approximate surface area is 161 Å². The van der Waals surface area contributed by atoms with Crippen LogP contribution in [0.4, 0.5) is 0 Å². The van der Waals surface area contributed by atoms with Crippen LogP contribution >= 0.6 is 11.3 Å². The van der Waals surface area contributed by atoms with E-state index in [1.54, 1.807) is 6.26 Å². The van der Waals surface area contributed by atoms with Gasteiger partial charge < -0.3 is 9.73 Å². The Hall–Kier alpha value is -2.99. The van der Waals surface area contributed by atoms with Gasteiger partial charge in [0.2, 0.25) is 0 Å². The summed E-state index contributed by atoms with van der Waals surface area (Å²) in [6.45, 7) is 6.43. The first kappa shape index (κ1) is 17.4. The summed E-state index contributed by atoms with van der Waals surface area (Å²) >= 11 is 1.39. The number of nitrogens with one attached hydrogen (secondary N) is 1. The zero-order valence-electron chi connectivity index (χ0n) is 15.4.